The fraction of sp³-hybridized carbons (Fsp3) is 0.700. The van der Waals surface area contributed by atoms with Crippen LogP contribution in [0.2, 0.25) is 0 Å². The maximum Gasteiger partial charge on any atom is 0.306 e. The first kappa shape index (κ1) is 28.6. The molecule has 2 fully saturated rings. The van der Waals surface area contributed by atoms with Crippen molar-refractivity contribution in [3.8, 4) is 0 Å². The fourth-order valence-electron chi connectivity index (χ4n) is 8.51. The van der Waals surface area contributed by atoms with Crippen molar-refractivity contribution < 1.29 is 39.3 Å². The van der Waals surface area contributed by atoms with Crippen molar-refractivity contribution in [2.24, 2.45) is 39.4 Å². The topological polar surface area (TPSA) is 146 Å². The molecule has 0 amide bonds. The molecule has 8 atom stereocenters. The standard InChI is InChI=1S/C30H40O8/c1-14(10-16(31)11-15(2)26(37)38)17-12-21(34)30(7)22-18(32)13-19-27(3,4)20(33)8-9-28(19,5)23(22)24(35)25(36)29(17,30)6/h10,15,17,19,21,25,34,36H,8-9,11-13H2,1-7H3,(H,37,38)/b14-10-. The van der Waals surface area contributed by atoms with Gasteiger partial charge in [-0.25, -0.2) is 0 Å². The van der Waals surface area contributed by atoms with Crippen LogP contribution in [0.15, 0.2) is 22.8 Å². The second-order valence-electron chi connectivity index (χ2n) is 13.3. The normalized spacial score (nSPS) is 41.4. The van der Waals surface area contributed by atoms with Gasteiger partial charge in [0.2, 0.25) is 0 Å². The number of fused-ring (bicyclic) bond motifs is 4. The van der Waals surface area contributed by atoms with E-state index in [1.807, 2.05) is 20.8 Å². The molecule has 0 spiro atoms. The van der Waals surface area contributed by atoms with Gasteiger partial charge in [0.15, 0.2) is 17.3 Å². The summed E-state index contributed by atoms with van der Waals surface area (Å²) >= 11 is 0. The van der Waals surface area contributed by atoms with E-state index in [4.69, 9.17) is 5.11 Å². The molecule has 8 heteroatoms. The quantitative estimate of drug-likeness (QED) is 0.461. The zero-order valence-corrected chi connectivity index (χ0v) is 23.4. The zero-order valence-electron chi connectivity index (χ0n) is 23.4. The van der Waals surface area contributed by atoms with Gasteiger partial charge >= 0.3 is 5.97 Å². The van der Waals surface area contributed by atoms with Crippen molar-refractivity contribution in [2.45, 2.75) is 92.8 Å². The predicted molar refractivity (Wildman–Crippen MR) is 138 cm³/mol. The molecule has 4 rings (SSSR count). The molecule has 0 radical (unpaired) electrons. The summed E-state index contributed by atoms with van der Waals surface area (Å²) in [7, 11) is 0. The van der Waals surface area contributed by atoms with Gasteiger partial charge in [0, 0.05) is 52.1 Å². The Morgan fingerprint density at radius 1 is 1.05 bits per heavy atom. The highest BCUT2D eigenvalue weighted by atomic mass is 16.4. The third kappa shape index (κ3) is 3.52. The van der Waals surface area contributed by atoms with Gasteiger partial charge in [0.25, 0.3) is 0 Å². The van der Waals surface area contributed by atoms with Crippen molar-refractivity contribution >= 4 is 29.1 Å². The van der Waals surface area contributed by atoms with Crippen LogP contribution in [0.5, 0.6) is 0 Å². The molecule has 38 heavy (non-hydrogen) atoms. The molecule has 4 aliphatic carbocycles. The third-order valence-electron chi connectivity index (χ3n) is 11.1. The lowest BCUT2D eigenvalue weighted by molar-refractivity contribution is -0.156. The molecule has 4 aliphatic rings. The van der Waals surface area contributed by atoms with E-state index in [1.165, 1.54) is 13.0 Å². The number of carboxylic acid groups (broad SMARTS) is 1. The number of aliphatic hydroxyl groups excluding tert-OH is 2. The summed E-state index contributed by atoms with van der Waals surface area (Å²) in [5.41, 5.74) is -3.08. The van der Waals surface area contributed by atoms with E-state index in [9.17, 15) is 34.2 Å². The van der Waals surface area contributed by atoms with Crippen molar-refractivity contribution in [1.82, 2.24) is 0 Å². The van der Waals surface area contributed by atoms with Gasteiger partial charge in [-0.15, -0.1) is 0 Å². The zero-order chi connectivity index (χ0) is 28.7. The molecular weight excluding hydrogens is 488 g/mol. The SMILES string of the molecule is C/C(=C/C(=O)CC(C)C(=O)O)C1CC(O)C2(C)C3=C(C(=O)C(O)C12C)C1(C)CCC(=O)C(C)(C)C1CC3=O. The molecule has 0 aliphatic heterocycles. The van der Waals surface area contributed by atoms with Crippen molar-refractivity contribution in [1.29, 1.82) is 0 Å². The lowest BCUT2D eigenvalue weighted by atomic mass is 9.42. The van der Waals surface area contributed by atoms with Gasteiger partial charge in [-0.3, -0.25) is 24.0 Å². The summed E-state index contributed by atoms with van der Waals surface area (Å²) in [5, 5.41) is 32.4. The summed E-state index contributed by atoms with van der Waals surface area (Å²) in [6.45, 7) is 12.1. The lowest BCUT2D eigenvalue weighted by Gasteiger charge is -2.60. The number of carboxylic acids is 1. The molecule has 3 N–H and O–H groups in total. The van der Waals surface area contributed by atoms with E-state index in [-0.39, 0.29) is 54.2 Å². The van der Waals surface area contributed by atoms with Gasteiger partial charge in [0.1, 0.15) is 11.9 Å². The van der Waals surface area contributed by atoms with E-state index in [2.05, 4.69) is 0 Å². The minimum atomic E-state index is -1.53. The Morgan fingerprint density at radius 2 is 1.66 bits per heavy atom. The number of allylic oxidation sites excluding steroid dienone is 2. The molecule has 0 saturated heterocycles. The first-order valence-electron chi connectivity index (χ1n) is 13.5. The van der Waals surface area contributed by atoms with Crippen LogP contribution in [-0.2, 0) is 24.0 Å². The molecular formula is C30H40O8. The molecule has 8 nitrogen and oxygen atoms in total. The van der Waals surface area contributed by atoms with Gasteiger partial charge < -0.3 is 15.3 Å². The van der Waals surface area contributed by atoms with Gasteiger partial charge in [-0.05, 0) is 37.7 Å². The number of carbonyl (C=O) groups is 5. The maximum atomic E-state index is 14.1. The molecule has 208 valence electrons. The Labute approximate surface area is 223 Å². The number of aliphatic hydroxyl groups is 2. The number of hydrogen-bond acceptors (Lipinski definition) is 7. The molecule has 0 heterocycles. The number of aliphatic carboxylic acids is 1. The number of ketones is 4. The summed E-state index contributed by atoms with van der Waals surface area (Å²) < 4.78 is 0. The van der Waals surface area contributed by atoms with Gasteiger partial charge in [0.05, 0.1) is 12.0 Å². The van der Waals surface area contributed by atoms with Crippen molar-refractivity contribution in [2.75, 3.05) is 0 Å². The van der Waals surface area contributed by atoms with Crippen LogP contribution in [-0.4, -0.2) is 56.6 Å². The summed E-state index contributed by atoms with van der Waals surface area (Å²) in [6, 6.07) is 0. The van der Waals surface area contributed by atoms with E-state index >= 15 is 0 Å². The smallest absolute Gasteiger partial charge is 0.306 e. The molecule has 0 bridgehead atoms. The van der Waals surface area contributed by atoms with E-state index in [0.29, 0.717) is 12.0 Å². The Kier molecular flexibility index (Phi) is 6.60. The highest BCUT2D eigenvalue weighted by Gasteiger charge is 2.73. The maximum absolute atomic E-state index is 14.1. The van der Waals surface area contributed by atoms with Crippen LogP contribution in [0.25, 0.3) is 0 Å². The highest BCUT2D eigenvalue weighted by Crippen LogP contribution is 2.70. The Balaban J connectivity index is 1.86. The average molecular weight is 529 g/mol. The van der Waals surface area contributed by atoms with Crippen molar-refractivity contribution in [3.63, 3.8) is 0 Å². The molecule has 0 aromatic carbocycles. The van der Waals surface area contributed by atoms with Crippen molar-refractivity contribution in [3.05, 3.63) is 22.8 Å². The first-order chi connectivity index (χ1) is 17.4. The second-order valence-corrected chi connectivity index (χ2v) is 13.3. The van der Waals surface area contributed by atoms with Crippen LogP contribution in [0, 0.1) is 39.4 Å². The monoisotopic (exact) mass is 528 g/mol. The molecule has 0 aromatic heterocycles. The first-order valence-corrected chi connectivity index (χ1v) is 13.5. The minimum Gasteiger partial charge on any atom is -0.481 e. The van der Waals surface area contributed by atoms with E-state index < -0.39 is 63.4 Å². The molecule has 2 saturated carbocycles. The fourth-order valence-corrected chi connectivity index (χ4v) is 8.51. The summed E-state index contributed by atoms with van der Waals surface area (Å²) in [6.07, 6.45) is -0.559. The Bertz CT molecular complexity index is 1210. The van der Waals surface area contributed by atoms with Gasteiger partial charge in [-0.2, -0.15) is 0 Å². The average Bonchev–Trinajstić information content (AvgIpc) is 3.03. The van der Waals surface area contributed by atoms with E-state index in [0.717, 1.165) is 0 Å². The lowest BCUT2D eigenvalue weighted by Crippen LogP contribution is -2.64. The number of hydrogen-bond donors (Lipinski definition) is 3. The van der Waals surface area contributed by atoms with Crippen LogP contribution in [0.3, 0.4) is 0 Å². The predicted octanol–water partition coefficient (Wildman–Crippen LogP) is 3.23. The minimum absolute atomic E-state index is 0.0558. The Hall–Kier alpha value is -2.45. The Morgan fingerprint density at radius 3 is 2.24 bits per heavy atom. The van der Waals surface area contributed by atoms with Gasteiger partial charge in [-0.1, -0.05) is 47.1 Å². The number of Topliss-reactive ketones (excluding diaryl/α,β-unsaturated/α-hetero) is 3. The van der Waals surface area contributed by atoms with Crippen LogP contribution < -0.4 is 0 Å². The number of carbonyl (C=O) groups excluding carboxylic acids is 4. The summed E-state index contributed by atoms with van der Waals surface area (Å²) in [5.74, 6) is -4.08. The van der Waals surface area contributed by atoms with E-state index in [1.54, 1.807) is 20.8 Å². The van der Waals surface area contributed by atoms with Crippen LogP contribution >= 0.6 is 0 Å². The molecule has 8 unspecified atom stereocenters. The highest BCUT2D eigenvalue weighted by molar-refractivity contribution is 6.14. The van der Waals surface area contributed by atoms with Crippen LogP contribution in [0.4, 0.5) is 0 Å². The summed E-state index contributed by atoms with van der Waals surface area (Å²) in [4.78, 5) is 64.7. The number of rotatable bonds is 5. The second kappa shape index (κ2) is 8.78. The third-order valence-corrected chi connectivity index (χ3v) is 11.1. The molecule has 0 aromatic rings. The van der Waals surface area contributed by atoms with Crippen LogP contribution in [0.1, 0.15) is 80.6 Å². The largest absolute Gasteiger partial charge is 0.481 e.